The first-order chi connectivity index (χ1) is 9.60. The number of rotatable bonds is 5. The van der Waals surface area contributed by atoms with E-state index in [0.29, 0.717) is 11.6 Å². The van der Waals surface area contributed by atoms with Gasteiger partial charge in [-0.15, -0.1) is 0 Å². The second-order valence-corrected chi connectivity index (χ2v) is 4.25. The largest absolute Gasteiger partial charge is 0.373 e. The van der Waals surface area contributed by atoms with Gasteiger partial charge >= 0.3 is 0 Å². The van der Waals surface area contributed by atoms with Crippen molar-refractivity contribution >= 4 is 17.3 Å². The van der Waals surface area contributed by atoms with E-state index in [1.165, 1.54) is 12.1 Å². The predicted molar refractivity (Wildman–Crippen MR) is 76.7 cm³/mol. The summed E-state index contributed by atoms with van der Waals surface area (Å²) in [5.41, 5.74) is 1.02. The lowest BCUT2D eigenvalue weighted by atomic mass is 10.1. The monoisotopic (exact) mass is 273 g/mol. The van der Waals surface area contributed by atoms with Crippen LogP contribution in [0.2, 0.25) is 0 Å². The van der Waals surface area contributed by atoms with Gasteiger partial charge in [0.2, 0.25) is 0 Å². The van der Waals surface area contributed by atoms with E-state index in [4.69, 9.17) is 0 Å². The minimum Gasteiger partial charge on any atom is -0.373 e. The van der Waals surface area contributed by atoms with Gasteiger partial charge in [-0.3, -0.25) is 15.1 Å². The summed E-state index contributed by atoms with van der Waals surface area (Å²) in [6, 6.07) is 6.54. The fraction of sp³-hybridized carbons (Fsp3) is 0.231. The molecule has 2 rings (SSSR count). The van der Waals surface area contributed by atoms with Crippen molar-refractivity contribution in [1.29, 1.82) is 0 Å². The number of hydrogen-bond acceptors (Lipinski definition) is 6. The first-order valence-electron chi connectivity index (χ1n) is 6.11. The summed E-state index contributed by atoms with van der Waals surface area (Å²) >= 11 is 0. The number of pyridine rings is 2. The van der Waals surface area contributed by atoms with Gasteiger partial charge in [-0.25, -0.2) is 4.98 Å². The second kappa shape index (κ2) is 5.96. The molecule has 0 radical (unpaired) electrons. The zero-order chi connectivity index (χ0) is 14.5. The lowest BCUT2D eigenvalue weighted by Gasteiger charge is -2.15. The fourth-order valence-electron chi connectivity index (χ4n) is 1.78. The smallest absolute Gasteiger partial charge is 0.276 e. The normalized spacial score (nSPS) is 11.7. The average molecular weight is 273 g/mol. The predicted octanol–water partition coefficient (Wildman–Crippen LogP) is 2.60. The van der Waals surface area contributed by atoms with Crippen molar-refractivity contribution in [3.05, 3.63) is 52.3 Å². The van der Waals surface area contributed by atoms with Crippen molar-refractivity contribution in [3.8, 4) is 0 Å². The lowest BCUT2D eigenvalue weighted by molar-refractivity contribution is -0.384. The van der Waals surface area contributed by atoms with Gasteiger partial charge in [0.05, 0.1) is 23.1 Å². The molecular formula is C13H15N5O2. The third-order valence-electron chi connectivity index (χ3n) is 2.85. The summed E-state index contributed by atoms with van der Waals surface area (Å²) in [5, 5.41) is 16.8. The zero-order valence-electron chi connectivity index (χ0n) is 11.2. The number of nitrogens with one attached hydrogen (secondary N) is 2. The average Bonchev–Trinajstić information content (AvgIpc) is 2.47. The van der Waals surface area contributed by atoms with Crippen LogP contribution in [-0.2, 0) is 0 Å². The van der Waals surface area contributed by atoms with Gasteiger partial charge in [-0.2, -0.15) is 0 Å². The maximum Gasteiger partial charge on any atom is 0.276 e. The maximum absolute atomic E-state index is 10.9. The van der Waals surface area contributed by atoms with Crippen molar-refractivity contribution in [2.75, 3.05) is 17.7 Å². The third kappa shape index (κ3) is 3.19. The molecule has 1 unspecified atom stereocenters. The molecule has 0 aliphatic carbocycles. The van der Waals surface area contributed by atoms with Crippen LogP contribution in [0, 0.1) is 10.1 Å². The van der Waals surface area contributed by atoms with Gasteiger partial charge < -0.3 is 10.6 Å². The molecule has 0 aliphatic heterocycles. The summed E-state index contributed by atoms with van der Waals surface area (Å²) in [4.78, 5) is 18.7. The summed E-state index contributed by atoms with van der Waals surface area (Å²) in [5.74, 6) is 0.900. The van der Waals surface area contributed by atoms with E-state index in [2.05, 4.69) is 20.6 Å². The van der Waals surface area contributed by atoms with E-state index in [1.807, 2.05) is 19.1 Å². The standard InChI is InChI=1S/C13H15N5O2/c1-9(10-3-5-15-6-4-10)16-13-8-11(18(19)20)7-12(14-2)17-13/h3-9H,1-2H3,(H2,14,16,17). The van der Waals surface area contributed by atoms with Crippen LogP contribution in [0.4, 0.5) is 17.3 Å². The van der Waals surface area contributed by atoms with Crippen molar-refractivity contribution in [2.24, 2.45) is 0 Å². The molecule has 0 spiro atoms. The molecule has 104 valence electrons. The quantitative estimate of drug-likeness (QED) is 0.642. The van der Waals surface area contributed by atoms with Crippen LogP contribution >= 0.6 is 0 Å². The minimum atomic E-state index is -0.440. The zero-order valence-corrected chi connectivity index (χ0v) is 11.2. The Morgan fingerprint density at radius 1 is 1.25 bits per heavy atom. The Balaban J connectivity index is 2.24. The van der Waals surface area contributed by atoms with Gasteiger partial charge in [-0.05, 0) is 24.6 Å². The highest BCUT2D eigenvalue weighted by molar-refractivity contribution is 5.55. The van der Waals surface area contributed by atoms with Gasteiger partial charge in [0.15, 0.2) is 0 Å². The van der Waals surface area contributed by atoms with Crippen LogP contribution in [0.15, 0.2) is 36.7 Å². The SMILES string of the molecule is CNc1cc([N+](=O)[O-])cc(NC(C)c2ccncc2)n1. The number of hydrogen-bond donors (Lipinski definition) is 2. The molecule has 20 heavy (non-hydrogen) atoms. The highest BCUT2D eigenvalue weighted by Crippen LogP contribution is 2.23. The first kappa shape index (κ1) is 13.7. The Morgan fingerprint density at radius 3 is 2.50 bits per heavy atom. The molecule has 0 bridgehead atoms. The first-order valence-corrected chi connectivity index (χ1v) is 6.11. The molecule has 0 saturated carbocycles. The molecule has 0 fully saturated rings. The molecule has 0 aromatic carbocycles. The summed E-state index contributed by atoms with van der Waals surface area (Å²) < 4.78 is 0. The van der Waals surface area contributed by atoms with E-state index in [9.17, 15) is 10.1 Å². The van der Waals surface area contributed by atoms with E-state index in [0.717, 1.165) is 5.56 Å². The molecule has 7 nitrogen and oxygen atoms in total. The summed E-state index contributed by atoms with van der Waals surface area (Å²) in [7, 11) is 1.67. The number of nitro groups is 1. The Bertz CT molecular complexity index is 603. The fourth-order valence-corrected chi connectivity index (χ4v) is 1.78. The van der Waals surface area contributed by atoms with Crippen LogP contribution < -0.4 is 10.6 Å². The van der Waals surface area contributed by atoms with Gasteiger partial charge in [-0.1, -0.05) is 0 Å². The van der Waals surface area contributed by atoms with Crippen molar-refractivity contribution < 1.29 is 4.92 Å². The molecule has 2 heterocycles. The number of anilines is 2. The number of aromatic nitrogens is 2. The number of nitrogens with zero attached hydrogens (tertiary/aromatic N) is 3. The van der Waals surface area contributed by atoms with E-state index in [-0.39, 0.29) is 11.7 Å². The van der Waals surface area contributed by atoms with Crippen LogP contribution in [0.5, 0.6) is 0 Å². The molecule has 2 N–H and O–H groups in total. The molecule has 0 amide bonds. The Labute approximate surface area is 116 Å². The Kier molecular flexibility index (Phi) is 4.09. The lowest BCUT2D eigenvalue weighted by Crippen LogP contribution is -2.09. The van der Waals surface area contributed by atoms with E-state index in [1.54, 1.807) is 19.4 Å². The van der Waals surface area contributed by atoms with Crippen LogP contribution in [-0.4, -0.2) is 21.9 Å². The summed E-state index contributed by atoms with van der Waals surface area (Å²) in [6.45, 7) is 1.95. The Hall–Kier alpha value is -2.70. The molecule has 1 atom stereocenters. The molecule has 0 aliphatic rings. The molecule has 0 saturated heterocycles. The van der Waals surface area contributed by atoms with E-state index < -0.39 is 4.92 Å². The Morgan fingerprint density at radius 2 is 1.90 bits per heavy atom. The highest BCUT2D eigenvalue weighted by Gasteiger charge is 2.13. The van der Waals surface area contributed by atoms with E-state index >= 15 is 0 Å². The van der Waals surface area contributed by atoms with Crippen LogP contribution in [0.1, 0.15) is 18.5 Å². The van der Waals surface area contributed by atoms with Crippen molar-refractivity contribution in [1.82, 2.24) is 9.97 Å². The topological polar surface area (TPSA) is 93.0 Å². The second-order valence-electron chi connectivity index (χ2n) is 4.25. The van der Waals surface area contributed by atoms with Crippen LogP contribution in [0.25, 0.3) is 0 Å². The van der Waals surface area contributed by atoms with Crippen LogP contribution in [0.3, 0.4) is 0 Å². The molecule has 2 aromatic heterocycles. The van der Waals surface area contributed by atoms with Crippen molar-refractivity contribution in [2.45, 2.75) is 13.0 Å². The molecule has 2 aromatic rings. The maximum atomic E-state index is 10.9. The van der Waals surface area contributed by atoms with Gasteiger partial charge in [0.25, 0.3) is 5.69 Å². The third-order valence-corrected chi connectivity index (χ3v) is 2.85. The molecule has 7 heteroatoms. The minimum absolute atomic E-state index is 0.00576. The molecular weight excluding hydrogens is 258 g/mol. The van der Waals surface area contributed by atoms with Gasteiger partial charge in [0, 0.05) is 19.4 Å². The summed E-state index contributed by atoms with van der Waals surface area (Å²) in [6.07, 6.45) is 3.40. The van der Waals surface area contributed by atoms with Gasteiger partial charge in [0.1, 0.15) is 11.6 Å². The van der Waals surface area contributed by atoms with Crippen molar-refractivity contribution in [3.63, 3.8) is 0 Å². The highest BCUT2D eigenvalue weighted by atomic mass is 16.6.